The summed E-state index contributed by atoms with van der Waals surface area (Å²) in [6.07, 6.45) is 1.59. The summed E-state index contributed by atoms with van der Waals surface area (Å²) in [4.78, 5) is 31.0. The van der Waals surface area contributed by atoms with Gasteiger partial charge in [-0.25, -0.2) is 0 Å². The van der Waals surface area contributed by atoms with E-state index in [9.17, 15) is 9.59 Å². The zero-order chi connectivity index (χ0) is 28.6. The standard InChI is InChI=1S/C33H40N4O4/c1-3-41-21-9-16-34-32(38)28-22-25(35-33(39)27-23-26(27)24-10-5-4-6-11-24)14-15-29(28)36-17-19-37(20-18-36)30-12-7-8-13-31(30)40-2/h4-8,10-15,22,26-27H,3,9,16-21,23H2,1-2H3,(H,34,38)(H,35,39). The van der Waals surface area contributed by atoms with E-state index >= 15 is 0 Å². The van der Waals surface area contributed by atoms with Crippen LogP contribution in [0.25, 0.3) is 0 Å². The number of carbonyl (C=O) groups excluding carboxylic acids is 2. The summed E-state index contributed by atoms with van der Waals surface area (Å²) in [5.41, 5.74) is 4.36. The van der Waals surface area contributed by atoms with E-state index in [2.05, 4.69) is 38.6 Å². The van der Waals surface area contributed by atoms with Crippen molar-refractivity contribution in [3.05, 3.63) is 83.9 Å². The van der Waals surface area contributed by atoms with Crippen LogP contribution < -0.4 is 25.2 Å². The second kappa shape index (κ2) is 13.5. The van der Waals surface area contributed by atoms with Crippen LogP contribution in [0.4, 0.5) is 17.1 Å². The summed E-state index contributed by atoms with van der Waals surface area (Å²) in [5.74, 6) is 0.922. The molecule has 1 saturated heterocycles. The molecular weight excluding hydrogens is 516 g/mol. The van der Waals surface area contributed by atoms with E-state index < -0.39 is 0 Å². The number of nitrogens with one attached hydrogen (secondary N) is 2. The Morgan fingerprint density at radius 2 is 1.61 bits per heavy atom. The van der Waals surface area contributed by atoms with Gasteiger partial charge >= 0.3 is 0 Å². The summed E-state index contributed by atoms with van der Waals surface area (Å²) in [6, 6.07) is 23.9. The van der Waals surface area contributed by atoms with Crippen molar-refractivity contribution < 1.29 is 19.1 Å². The normalized spacial score (nSPS) is 18.1. The van der Waals surface area contributed by atoms with E-state index in [0.717, 1.165) is 56.1 Å². The van der Waals surface area contributed by atoms with Crippen LogP contribution in [0.5, 0.6) is 5.75 Å². The Balaban J connectivity index is 1.28. The van der Waals surface area contributed by atoms with Crippen LogP contribution in [-0.2, 0) is 9.53 Å². The highest BCUT2D eigenvalue weighted by atomic mass is 16.5. The van der Waals surface area contributed by atoms with Crippen molar-refractivity contribution in [2.45, 2.75) is 25.7 Å². The van der Waals surface area contributed by atoms with Gasteiger partial charge in [0.2, 0.25) is 5.91 Å². The maximum atomic E-state index is 13.4. The van der Waals surface area contributed by atoms with Crippen molar-refractivity contribution in [1.29, 1.82) is 0 Å². The van der Waals surface area contributed by atoms with Gasteiger partial charge in [-0.3, -0.25) is 9.59 Å². The molecule has 0 bridgehead atoms. The topological polar surface area (TPSA) is 83.1 Å². The molecule has 1 aliphatic heterocycles. The third-order valence-corrected chi connectivity index (χ3v) is 7.87. The van der Waals surface area contributed by atoms with Gasteiger partial charge in [-0.05, 0) is 61.6 Å². The third kappa shape index (κ3) is 7.00. The fourth-order valence-corrected chi connectivity index (χ4v) is 5.55. The summed E-state index contributed by atoms with van der Waals surface area (Å²) in [6.45, 7) is 6.87. The number of methoxy groups -OCH3 is 1. The first-order valence-corrected chi connectivity index (χ1v) is 14.6. The number of ether oxygens (including phenoxy) is 2. The Morgan fingerprint density at radius 1 is 0.902 bits per heavy atom. The molecule has 1 saturated carbocycles. The molecule has 2 N–H and O–H groups in total. The minimum Gasteiger partial charge on any atom is -0.495 e. The fourth-order valence-electron chi connectivity index (χ4n) is 5.55. The molecular formula is C33H40N4O4. The van der Waals surface area contributed by atoms with Crippen molar-refractivity contribution in [3.8, 4) is 5.75 Å². The summed E-state index contributed by atoms with van der Waals surface area (Å²) in [7, 11) is 1.69. The maximum Gasteiger partial charge on any atom is 0.253 e. The maximum absolute atomic E-state index is 13.4. The quantitative estimate of drug-likeness (QED) is 0.308. The Morgan fingerprint density at radius 3 is 2.34 bits per heavy atom. The van der Waals surface area contributed by atoms with Gasteiger partial charge in [-0.15, -0.1) is 0 Å². The lowest BCUT2D eigenvalue weighted by Gasteiger charge is -2.38. The van der Waals surface area contributed by atoms with Crippen LogP contribution in [0.1, 0.15) is 41.6 Å². The molecule has 2 amide bonds. The number of piperazine rings is 1. The molecule has 8 nitrogen and oxygen atoms in total. The van der Waals surface area contributed by atoms with Crippen LogP contribution in [0.2, 0.25) is 0 Å². The number of amides is 2. The number of para-hydroxylation sites is 2. The Bertz CT molecular complexity index is 1320. The average Bonchev–Trinajstić information content (AvgIpc) is 3.83. The van der Waals surface area contributed by atoms with Crippen LogP contribution in [0.15, 0.2) is 72.8 Å². The molecule has 2 unspecified atom stereocenters. The Labute approximate surface area is 242 Å². The number of hydrogen-bond acceptors (Lipinski definition) is 6. The number of anilines is 3. The van der Waals surface area contributed by atoms with Gasteiger partial charge in [0.1, 0.15) is 5.75 Å². The average molecular weight is 557 g/mol. The minimum atomic E-state index is -0.145. The predicted octanol–water partition coefficient (Wildman–Crippen LogP) is 4.92. The molecule has 2 aliphatic rings. The molecule has 1 aliphatic carbocycles. The van der Waals surface area contributed by atoms with Crippen molar-refractivity contribution >= 4 is 28.9 Å². The number of benzene rings is 3. The zero-order valence-corrected chi connectivity index (χ0v) is 24.0. The van der Waals surface area contributed by atoms with E-state index in [1.165, 1.54) is 5.56 Å². The van der Waals surface area contributed by atoms with E-state index in [1.54, 1.807) is 7.11 Å². The van der Waals surface area contributed by atoms with Crippen LogP contribution in [0.3, 0.4) is 0 Å². The highest BCUT2D eigenvalue weighted by Crippen LogP contribution is 2.48. The molecule has 3 aromatic carbocycles. The Hall–Kier alpha value is -4.04. The smallest absolute Gasteiger partial charge is 0.253 e. The van der Waals surface area contributed by atoms with Crippen molar-refractivity contribution in [1.82, 2.24) is 5.32 Å². The van der Waals surface area contributed by atoms with Crippen molar-refractivity contribution in [2.75, 3.05) is 68.2 Å². The van der Waals surface area contributed by atoms with Crippen molar-refractivity contribution in [2.24, 2.45) is 5.92 Å². The molecule has 8 heteroatoms. The zero-order valence-electron chi connectivity index (χ0n) is 24.0. The Kier molecular flexibility index (Phi) is 9.41. The minimum absolute atomic E-state index is 0.0000910. The number of carbonyl (C=O) groups is 2. The van der Waals surface area contributed by atoms with Gasteiger partial charge in [0, 0.05) is 63.2 Å². The van der Waals surface area contributed by atoms with Crippen LogP contribution in [-0.4, -0.2) is 64.9 Å². The molecule has 216 valence electrons. The molecule has 2 fully saturated rings. The highest BCUT2D eigenvalue weighted by molar-refractivity contribution is 6.02. The molecule has 1 heterocycles. The van der Waals surface area contributed by atoms with E-state index in [0.29, 0.717) is 31.0 Å². The second-order valence-corrected chi connectivity index (χ2v) is 10.5. The first kappa shape index (κ1) is 28.5. The number of hydrogen-bond donors (Lipinski definition) is 2. The van der Waals surface area contributed by atoms with E-state index in [4.69, 9.17) is 9.47 Å². The van der Waals surface area contributed by atoms with Gasteiger partial charge in [-0.2, -0.15) is 0 Å². The number of rotatable bonds is 12. The lowest BCUT2D eigenvalue weighted by Crippen LogP contribution is -2.47. The highest BCUT2D eigenvalue weighted by Gasteiger charge is 2.43. The lowest BCUT2D eigenvalue weighted by atomic mass is 10.1. The van der Waals surface area contributed by atoms with Crippen LogP contribution in [0, 0.1) is 5.92 Å². The van der Waals surface area contributed by atoms with Crippen molar-refractivity contribution in [3.63, 3.8) is 0 Å². The molecule has 5 rings (SSSR count). The molecule has 0 aromatic heterocycles. The first-order valence-electron chi connectivity index (χ1n) is 14.6. The van der Waals surface area contributed by atoms with Gasteiger partial charge in [0.15, 0.2) is 0 Å². The van der Waals surface area contributed by atoms with Gasteiger partial charge in [0.05, 0.1) is 18.4 Å². The van der Waals surface area contributed by atoms with Gasteiger partial charge in [0.25, 0.3) is 5.91 Å². The van der Waals surface area contributed by atoms with Crippen LogP contribution >= 0.6 is 0 Å². The summed E-state index contributed by atoms with van der Waals surface area (Å²) < 4.78 is 11.0. The summed E-state index contributed by atoms with van der Waals surface area (Å²) in [5, 5.41) is 6.12. The largest absolute Gasteiger partial charge is 0.495 e. The molecule has 0 radical (unpaired) electrons. The molecule has 3 aromatic rings. The molecule has 2 atom stereocenters. The number of nitrogens with zero attached hydrogens (tertiary/aromatic N) is 2. The fraction of sp³-hybridized carbons (Fsp3) is 0.394. The van der Waals surface area contributed by atoms with E-state index in [1.807, 2.05) is 61.5 Å². The van der Waals surface area contributed by atoms with Gasteiger partial charge in [-0.1, -0.05) is 42.5 Å². The van der Waals surface area contributed by atoms with Gasteiger partial charge < -0.3 is 29.9 Å². The third-order valence-electron chi connectivity index (χ3n) is 7.87. The van der Waals surface area contributed by atoms with E-state index in [-0.39, 0.29) is 23.7 Å². The second-order valence-electron chi connectivity index (χ2n) is 10.5. The predicted molar refractivity (Wildman–Crippen MR) is 163 cm³/mol. The summed E-state index contributed by atoms with van der Waals surface area (Å²) >= 11 is 0. The molecule has 41 heavy (non-hydrogen) atoms. The first-order chi connectivity index (χ1) is 20.1. The lowest BCUT2D eigenvalue weighted by molar-refractivity contribution is -0.117. The SMILES string of the molecule is CCOCCCNC(=O)c1cc(NC(=O)C2CC2c2ccccc2)ccc1N1CCN(c2ccccc2OC)CC1. The monoisotopic (exact) mass is 556 g/mol. The molecule has 0 spiro atoms.